The third kappa shape index (κ3) is 1.99. The van der Waals surface area contributed by atoms with Gasteiger partial charge in [-0.25, -0.2) is 0 Å². The molecule has 0 aromatic carbocycles. The number of aryl methyl sites for hydroxylation is 1. The number of rotatable bonds is 4. The number of hydrogen-bond acceptors (Lipinski definition) is 2. The van der Waals surface area contributed by atoms with Gasteiger partial charge in [0, 0.05) is 24.3 Å². The van der Waals surface area contributed by atoms with Crippen molar-refractivity contribution in [2.24, 2.45) is 24.8 Å². The molecule has 4 atom stereocenters. The van der Waals surface area contributed by atoms with Gasteiger partial charge in [-0.15, -0.1) is 0 Å². The predicted octanol–water partition coefficient (Wildman–Crippen LogP) is 2.82. The normalized spacial score (nSPS) is 32.1. The second-order valence-electron chi connectivity index (χ2n) is 6.32. The molecule has 0 saturated heterocycles. The van der Waals surface area contributed by atoms with Gasteiger partial charge in [-0.2, -0.15) is 5.10 Å². The zero-order valence-electron chi connectivity index (χ0n) is 11.8. The molecule has 0 radical (unpaired) electrons. The summed E-state index contributed by atoms with van der Waals surface area (Å²) in [5, 5.41) is 7.89. The van der Waals surface area contributed by atoms with Gasteiger partial charge in [0.2, 0.25) is 0 Å². The Labute approximate surface area is 110 Å². The van der Waals surface area contributed by atoms with Gasteiger partial charge in [0.05, 0.1) is 6.20 Å². The van der Waals surface area contributed by atoms with Crippen molar-refractivity contribution in [3.63, 3.8) is 0 Å². The Hall–Kier alpha value is -0.830. The van der Waals surface area contributed by atoms with Gasteiger partial charge in [0.1, 0.15) is 0 Å². The molecule has 2 bridgehead atoms. The van der Waals surface area contributed by atoms with E-state index in [1.807, 2.05) is 17.9 Å². The van der Waals surface area contributed by atoms with E-state index in [2.05, 4.69) is 24.4 Å². The first-order valence-corrected chi connectivity index (χ1v) is 7.34. The summed E-state index contributed by atoms with van der Waals surface area (Å²) in [6, 6.07) is 0.489. The molecule has 3 rings (SSSR count). The van der Waals surface area contributed by atoms with Crippen LogP contribution in [0, 0.1) is 24.7 Å². The van der Waals surface area contributed by atoms with Gasteiger partial charge in [0.15, 0.2) is 0 Å². The summed E-state index contributed by atoms with van der Waals surface area (Å²) < 4.78 is 1.99. The number of nitrogens with one attached hydrogen (secondary N) is 1. The molecule has 1 aromatic heterocycles. The van der Waals surface area contributed by atoms with E-state index >= 15 is 0 Å². The smallest absolute Gasteiger partial charge is 0.0540 e. The van der Waals surface area contributed by atoms with Crippen molar-refractivity contribution in [3.8, 4) is 0 Å². The first kappa shape index (κ1) is 12.2. The van der Waals surface area contributed by atoms with Gasteiger partial charge < -0.3 is 5.32 Å². The van der Waals surface area contributed by atoms with Crippen LogP contribution in [-0.2, 0) is 7.05 Å². The van der Waals surface area contributed by atoms with E-state index in [1.165, 1.54) is 43.4 Å². The quantitative estimate of drug-likeness (QED) is 0.886. The molecule has 3 heteroatoms. The molecule has 0 spiro atoms. The maximum absolute atomic E-state index is 4.38. The molecule has 0 amide bonds. The van der Waals surface area contributed by atoms with Gasteiger partial charge in [0.25, 0.3) is 0 Å². The molecule has 2 saturated carbocycles. The van der Waals surface area contributed by atoms with E-state index in [9.17, 15) is 0 Å². The number of fused-ring (bicyclic) bond motifs is 2. The van der Waals surface area contributed by atoms with Crippen LogP contribution in [0.2, 0.25) is 0 Å². The van der Waals surface area contributed by atoms with Gasteiger partial charge in [-0.05, 0) is 57.4 Å². The van der Waals surface area contributed by atoms with E-state index in [0.29, 0.717) is 6.04 Å². The summed E-state index contributed by atoms with van der Waals surface area (Å²) in [6.45, 7) is 2.17. The second-order valence-corrected chi connectivity index (χ2v) is 6.32. The van der Waals surface area contributed by atoms with Crippen molar-refractivity contribution in [1.82, 2.24) is 15.1 Å². The standard InChI is InChI=1S/C15H25N3/c1-10-14(9-17-18(10)3)15(16-2)8-13-7-11-4-5-12(13)6-11/h9,11-13,15-16H,4-8H2,1-3H3. The van der Waals surface area contributed by atoms with E-state index in [-0.39, 0.29) is 0 Å². The molecule has 2 aliphatic carbocycles. The maximum atomic E-state index is 4.38. The minimum atomic E-state index is 0.489. The van der Waals surface area contributed by atoms with Gasteiger partial charge >= 0.3 is 0 Å². The van der Waals surface area contributed by atoms with Crippen LogP contribution in [0.15, 0.2) is 6.20 Å². The average molecular weight is 247 g/mol. The lowest BCUT2D eigenvalue weighted by Gasteiger charge is -2.26. The highest BCUT2D eigenvalue weighted by molar-refractivity contribution is 5.20. The highest BCUT2D eigenvalue weighted by Crippen LogP contribution is 2.50. The van der Waals surface area contributed by atoms with E-state index in [1.54, 1.807) is 0 Å². The molecule has 100 valence electrons. The van der Waals surface area contributed by atoms with Crippen molar-refractivity contribution in [1.29, 1.82) is 0 Å². The van der Waals surface area contributed by atoms with Crippen LogP contribution in [0.1, 0.15) is 49.4 Å². The zero-order chi connectivity index (χ0) is 12.7. The summed E-state index contributed by atoms with van der Waals surface area (Å²) in [6.07, 6.45) is 9.30. The van der Waals surface area contributed by atoms with Crippen molar-refractivity contribution >= 4 is 0 Å². The Morgan fingerprint density at radius 3 is 2.78 bits per heavy atom. The fourth-order valence-electron chi connectivity index (χ4n) is 4.23. The Bertz CT molecular complexity index is 423. The predicted molar refractivity (Wildman–Crippen MR) is 73.3 cm³/mol. The lowest BCUT2D eigenvalue weighted by molar-refractivity contribution is 0.284. The summed E-state index contributed by atoms with van der Waals surface area (Å²) in [4.78, 5) is 0. The summed E-state index contributed by atoms with van der Waals surface area (Å²) >= 11 is 0. The number of hydrogen-bond donors (Lipinski definition) is 1. The highest BCUT2D eigenvalue weighted by Gasteiger charge is 2.40. The molecule has 1 N–H and O–H groups in total. The number of nitrogens with zero attached hydrogens (tertiary/aromatic N) is 2. The largest absolute Gasteiger partial charge is 0.313 e. The lowest BCUT2D eigenvalue weighted by Crippen LogP contribution is -2.23. The minimum absolute atomic E-state index is 0.489. The Kier molecular flexibility index (Phi) is 3.18. The Morgan fingerprint density at radius 1 is 1.44 bits per heavy atom. The second kappa shape index (κ2) is 4.69. The molecule has 0 aliphatic heterocycles. The summed E-state index contributed by atoms with van der Waals surface area (Å²) in [5.74, 6) is 3.01. The maximum Gasteiger partial charge on any atom is 0.0540 e. The van der Waals surface area contributed by atoms with Crippen LogP contribution >= 0.6 is 0 Å². The van der Waals surface area contributed by atoms with Crippen LogP contribution in [0.4, 0.5) is 0 Å². The highest BCUT2D eigenvalue weighted by atomic mass is 15.3. The van der Waals surface area contributed by atoms with Gasteiger partial charge in [-0.3, -0.25) is 4.68 Å². The molecule has 1 aromatic rings. The molecule has 2 aliphatic rings. The fourth-order valence-corrected chi connectivity index (χ4v) is 4.23. The van der Waals surface area contributed by atoms with Crippen LogP contribution in [0.25, 0.3) is 0 Å². The van der Waals surface area contributed by atoms with Crippen LogP contribution in [0.3, 0.4) is 0 Å². The third-order valence-electron chi connectivity index (χ3n) is 5.42. The summed E-state index contributed by atoms with van der Waals surface area (Å²) in [7, 11) is 4.12. The Balaban J connectivity index is 1.71. The van der Waals surface area contributed by atoms with E-state index < -0.39 is 0 Å². The third-order valence-corrected chi connectivity index (χ3v) is 5.42. The first-order chi connectivity index (χ1) is 8.69. The number of aromatic nitrogens is 2. The van der Waals surface area contributed by atoms with E-state index in [0.717, 1.165) is 17.8 Å². The Morgan fingerprint density at radius 2 is 2.28 bits per heavy atom. The van der Waals surface area contributed by atoms with Crippen LogP contribution < -0.4 is 5.32 Å². The van der Waals surface area contributed by atoms with Crippen LogP contribution in [-0.4, -0.2) is 16.8 Å². The minimum Gasteiger partial charge on any atom is -0.313 e. The molecule has 2 fully saturated rings. The molecular formula is C15H25N3. The van der Waals surface area contributed by atoms with Crippen molar-refractivity contribution < 1.29 is 0 Å². The SMILES string of the molecule is CNC(CC1CC2CCC1C2)c1cnn(C)c1C. The molecule has 4 unspecified atom stereocenters. The van der Waals surface area contributed by atoms with E-state index in [4.69, 9.17) is 0 Å². The molecule has 18 heavy (non-hydrogen) atoms. The average Bonchev–Trinajstić information content (AvgIpc) is 3.05. The molecular weight excluding hydrogens is 222 g/mol. The fraction of sp³-hybridized carbons (Fsp3) is 0.800. The zero-order valence-corrected chi connectivity index (χ0v) is 11.8. The molecule has 1 heterocycles. The molecule has 3 nitrogen and oxygen atoms in total. The van der Waals surface area contributed by atoms with Crippen molar-refractivity contribution in [2.45, 2.75) is 45.1 Å². The van der Waals surface area contributed by atoms with Crippen molar-refractivity contribution in [3.05, 3.63) is 17.5 Å². The van der Waals surface area contributed by atoms with Gasteiger partial charge in [-0.1, -0.05) is 6.42 Å². The lowest BCUT2D eigenvalue weighted by atomic mass is 9.83. The van der Waals surface area contributed by atoms with Crippen molar-refractivity contribution in [2.75, 3.05) is 7.05 Å². The summed E-state index contributed by atoms with van der Waals surface area (Å²) in [5.41, 5.74) is 2.69. The first-order valence-electron chi connectivity index (χ1n) is 7.34. The van der Waals surface area contributed by atoms with Crippen LogP contribution in [0.5, 0.6) is 0 Å². The monoisotopic (exact) mass is 247 g/mol. The topological polar surface area (TPSA) is 29.9 Å².